The third-order valence-electron chi connectivity index (χ3n) is 5.66. The van der Waals surface area contributed by atoms with E-state index in [-0.39, 0.29) is 30.2 Å². The Hall–Kier alpha value is -1.89. The molecule has 2 aromatic rings. The highest BCUT2D eigenvalue weighted by atomic mass is 35.5. The van der Waals surface area contributed by atoms with E-state index in [4.69, 9.17) is 11.6 Å². The van der Waals surface area contributed by atoms with Crippen LogP contribution in [0.1, 0.15) is 48.1 Å². The van der Waals surface area contributed by atoms with Crippen LogP contribution >= 0.6 is 11.6 Å². The number of carbonyl (C=O) groups excluding carboxylic acids is 1. The van der Waals surface area contributed by atoms with Crippen molar-refractivity contribution in [2.24, 2.45) is 5.92 Å². The maximum Gasteiger partial charge on any atom is 0.224 e. The van der Waals surface area contributed by atoms with E-state index in [1.54, 1.807) is 24.3 Å². The average molecular weight is 449 g/mol. The number of nitrogens with one attached hydrogen (secondary N) is 1. The molecule has 2 atom stereocenters. The molecular formula is C23H29ClN2O3S. The van der Waals surface area contributed by atoms with Crippen LogP contribution in [0.25, 0.3) is 0 Å². The third-order valence-corrected chi connectivity index (χ3v) is 7.73. The van der Waals surface area contributed by atoms with Crippen molar-refractivity contribution in [3.63, 3.8) is 0 Å². The summed E-state index contributed by atoms with van der Waals surface area (Å²) in [6.45, 7) is 6.72. The third kappa shape index (κ3) is 5.62. The Morgan fingerprint density at radius 1 is 1.20 bits per heavy atom. The van der Waals surface area contributed by atoms with Gasteiger partial charge in [-0.15, -0.1) is 0 Å². The van der Waals surface area contributed by atoms with Crippen molar-refractivity contribution in [1.82, 2.24) is 9.62 Å². The second-order valence-corrected chi connectivity index (χ2v) is 10.6. The molecule has 0 aromatic heterocycles. The first-order chi connectivity index (χ1) is 14.2. The van der Waals surface area contributed by atoms with Gasteiger partial charge in [-0.2, -0.15) is 0 Å². The van der Waals surface area contributed by atoms with E-state index in [1.165, 1.54) is 9.87 Å². The molecule has 2 aromatic carbocycles. The van der Waals surface area contributed by atoms with Gasteiger partial charge in [-0.3, -0.25) is 4.79 Å². The molecule has 3 rings (SSSR count). The van der Waals surface area contributed by atoms with Gasteiger partial charge in [0.05, 0.1) is 17.7 Å². The van der Waals surface area contributed by atoms with Crippen LogP contribution in [0.2, 0.25) is 5.02 Å². The quantitative estimate of drug-likeness (QED) is 0.713. The minimum Gasteiger partial charge on any atom is -0.349 e. The molecule has 0 aliphatic carbocycles. The van der Waals surface area contributed by atoms with E-state index in [0.29, 0.717) is 30.0 Å². The maximum absolute atomic E-state index is 12.9. The first-order valence-corrected chi connectivity index (χ1v) is 12.2. The molecule has 1 saturated heterocycles. The van der Waals surface area contributed by atoms with Crippen LogP contribution in [0.5, 0.6) is 0 Å². The molecule has 5 nitrogen and oxygen atoms in total. The van der Waals surface area contributed by atoms with Crippen molar-refractivity contribution in [2.45, 2.75) is 45.4 Å². The molecule has 1 fully saturated rings. The molecule has 0 spiro atoms. The molecule has 1 amide bonds. The first kappa shape index (κ1) is 22.8. The van der Waals surface area contributed by atoms with Crippen molar-refractivity contribution in [2.75, 3.05) is 13.1 Å². The molecule has 0 radical (unpaired) electrons. The summed E-state index contributed by atoms with van der Waals surface area (Å²) in [5, 5.41) is 3.65. The topological polar surface area (TPSA) is 66.5 Å². The van der Waals surface area contributed by atoms with Crippen LogP contribution in [0.15, 0.2) is 42.5 Å². The number of benzene rings is 2. The Morgan fingerprint density at radius 2 is 1.90 bits per heavy atom. The molecule has 0 bridgehead atoms. The standard InChI is InChI=1S/C23H29ClN2O3S/c1-16-6-11-22(17(2)13-16)18(3)25-23(27)20-5-4-12-26(14-20)30(28,29)15-19-7-9-21(24)10-8-19/h6-11,13,18,20H,4-5,12,14-15H2,1-3H3,(H,25,27)/t18-,20-/m1/s1. The van der Waals surface area contributed by atoms with Crippen molar-refractivity contribution in [3.05, 3.63) is 69.7 Å². The molecule has 0 unspecified atom stereocenters. The Bertz CT molecular complexity index is 1010. The molecule has 1 aliphatic rings. The van der Waals surface area contributed by atoms with Gasteiger partial charge in [-0.1, -0.05) is 47.5 Å². The van der Waals surface area contributed by atoms with Gasteiger partial charge in [-0.05, 0) is 62.4 Å². The number of sulfonamides is 1. The minimum atomic E-state index is -3.50. The lowest BCUT2D eigenvalue weighted by Gasteiger charge is -2.32. The fraction of sp³-hybridized carbons (Fsp3) is 0.435. The summed E-state index contributed by atoms with van der Waals surface area (Å²) >= 11 is 5.88. The molecule has 162 valence electrons. The van der Waals surface area contributed by atoms with Gasteiger partial charge in [0.25, 0.3) is 0 Å². The lowest BCUT2D eigenvalue weighted by Crippen LogP contribution is -2.46. The lowest BCUT2D eigenvalue weighted by atomic mass is 9.96. The Kier molecular flexibility index (Phi) is 7.22. The fourth-order valence-corrected chi connectivity index (χ4v) is 5.75. The predicted molar refractivity (Wildman–Crippen MR) is 121 cm³/mol. The molecule has 1 aliphatic heterocycles. The molecule has 1 heterocycles. The number of carbonyl (C=O) groups is 1. The van der Waals surface area contributed by atoms with E-state index < -0.39 is 10.0 Å². The van der Waals surface area contributed by atoms with Gasteiger partial charge in [0, 0.05) is 18.1 Å². The van der Waals surface area contributed by atoms with Crippen LogP contribution in [0.4, 0.5) is 0 Å². The number of hydrogen-bond acceptors (Lipinski definition) is 3. The number of rotatable bonds is 6. The highest BCUT2D eigenvalue weighted by Crippen LogP contribution is 2.24. The van der Waals surface area contributed by atoms with Crippen LogP contribution in [-0.4, -0.2) is 31.7 Å². The summed E-state index contributed by atoms with van der Waals surface area (Å²) in [5.74, 6) is -0.516. The minimum absolute atomic E-state index is 0.0858. The van der Waals surface area contributed by atoms with Crippen LogP contribution < -0.4 is 5.32 Å². The van der Waals surface area contributed by atoms with Crippen molar-refractivity contribution >= 4 is 27.5 Å². The smallest absolute Gasteiger partial charge is 0.224 e. The SMILES string of the molecule is Cc1ccc([C@@H](C)NC(=O)[C@@H]2CCCN(S(=O)(=O)Cc3ccc(Cl)cc3)C2)c(C)c1. The normalized spacial score (nSPS) is 18.7. The number of nitrogens with zero attached hydrogens (tertiary/aromatic N) is 1. The van der Waals surface area contributed by atoms with Crippen LogP contribution in [0, 0.1) is 19.8 Å². The first-order valence-electron chi connectivity index (χ1n) is 10.3. The van der Waals surface area contributed by atoms with E-state index in [9.17, 15) is 13.2 Å². The van der Waals surface area contributed by atoms with Crippen molar-refractivity contribution in [1.29, 1.82) is 0 Å². The van der Waals surface area contributed by atoms with Gasteiger partial charge in [0.2, 0.25) is 15.9 Å². The van der Waals surface area contributed by atoms with E-state index in [0.717, 1.165) is 11.1 Å². The zero-order chi connectivity index (χ0) is 21.9. The van der Waals surface area contributed by atoms with Gasteiger partial charge in [0.15, 0.2) is 0 Å². The van der Waals surface area contributed by atoms with Crippen LogP contribution in [0.3, 0.4) is 0 Å². The van der Waals surface area contributed by atoms with E-state index in [1.807, 2.05) is 32.9 Å². The highest BCUT2D eigenvalue weighted by Gasteiger charge is 2.33. The maximum atomic E-state index is 12.9. The number of amides is 1. The monoisotopic (exact) mass is 448 g/mol. The number of halogens is 1. The molecule has 0 saturated carbocycles. The van der Waals surface area contributed by atoms with Gasteiger partial charge in [-0.25, -0.2) is 12.7 Å². The zero-order valence-electron chi connectivity index (χ0n) is 17.7. The van der Waals surface area contributed by atoms with Gasteiger partial charge >= 0.3 is 0 Å². The second kappa shape index (κ2) is 9.50. The lowest BCUT2D eigenvalue weighted by molar-refractivity contribution is -0.126. The van der Waals surface area contributed by atoms with Gasteiger partial charge < -0.3 is 5.32 Å². The van der Waals surface area contributed by atoms with E-state index in [2.05, 4.69) is 11.4 Å². The summed E-state index contributed by atoms with van der Waals surface area (Å²) in [4.78, 5) is 12.9. The number of hydrogen-bond donors (Lipinski definition) is 1. The Balaban J connectivity index is 1.64. The van der Waals surface area contributed by atoms with Gasteiger partial charge in [0.1, 0.15) is 0 Å². The summed E-state index contributed by atoms with van der Waals surface area (Å²) in [6.07, 6.45) is 1.37. The highest BCUT2D eigenvalue weighted by molar-refractivity contribution is 7.88. The number of aryl methyl sites for hydroxylation is 2. The fourth-order valence-electron chi connectivity index (χ4n) is 4.01. The summed E-state index contributed by atoms with van der Waals surface area (Å²) in [5.41, 5.74) is 4.09. The largest absolute Gasteiger partial charge is 0.349 e. The molecule has 30 heavy (non-hydrogen) atoms. The van der Waals surface area contributed by atoms with Crippen molar-refractivity contribution in [3.8, 4) is 0 Å². The zero-order valence-corrected chi connectivity index (χ0v) is 19.3. The van der Waals surface area contributed by atoms with Crippen molar-refractivity contribution < 1.29 is 13.2 Å². The molecule has 7 heteroatoms. The predicted octanol–water partition coefficient (Wildman–Crippen LogP) is 4.38. The molecular weight excluding hydrogens is 420 g/mol. The second-order valence-electron chi connectivity index (χ2n) is 8.17. The summed E-state index contributed by atoms with van der Waals surface area (Å²) < 4.78 is 27.2. The van der Waals surface area contributed by atoms with E-state index >= 15 is 0 Å². The summed E-state index contributed by atoms with van der Waals surface area (Å²) in [7, 11) is -3.50. The number of piperidine rings is 1. The Labute approximate surface area is 184 Å². The van der Waals surface area contributed by atoms with Crippen LogP contribution in [-0.2, 0) is 20.6 Å². The molecule has 1 N–H and O–H groups in total. The Morgan fingerprint density at radius 3 is 2.57 bits per heavy atom. The average Bonchev–Trinajstić information content (AvgIpc) is 2.69. The summed E-state index contributed by atoms with van der Waals surface area (Å²) in [6, 6.07) is 12.9.